The highest BCUT2D eigenvalue weighted by molar-refractivity contribution is 6.02. The lowest BCUT2D eigenvalue weighted by atomic mass is 10.1. The Bertz CT molecular complexity index is 651. The van der Waals surface area contributed by atoms with E-state index in [9.17, 15) is 4.79 Å². The summed E-state index contributed by atoms with van der Waals surface area (Å²) >= 11 is 0. The van der Waals surface area contributed by atoms with Crippen LogP contribution < -0.4 is 11.1 Å². The molecule has 0 saturated carbocycles. The molecule has 1 aromatic carbocycles. The Morgan fingerprint density at radius 1 is 1.45 bits per heavy atom. The minimum Gasteiger partial charge on any atom is -0.351 e. The molecule has 0 aliphatic rings. The van der Waals surface area contributed by atoms with Crippen molar-refractivity contribution in [3.8, 4) is 11.8 Å². The van der Waals surface area contributed by atoms with Gasteiger partial charge in [0.25, 0.3) is 5.91 Å². The molecule has 1 heterocycles. The van der Waals surface area contributed by atoms with E-state index in [-0.39, 0.29) is 11.7 Å². The molecule has 0 aliphatic heterocycles. The first-order valence-electron chi connectivity index (χ1n) is 6.28. The zero-order valence-corrected chi connectivity index (χ0v) is 11.1. The van der Waals surface area contributed by atoms with E-state index in [1.807, 2.05) is 25.1 Å². The zero-order chi connectivity index (χ0) is 14.4. The van der Waals surface area contributed by atoms with Gasteiger partial charge in [-0.25, -0.2) is 0 Å². The highest BCUT2D eigenvalue weighted by Crippen LogP contribution is 2.19. The van der Waals surface area contributed by atoms with Crippen LogP contribution in [0.5, 0.6) is 0 Å². The third-order valence-corrected chi connectivity index (χ3v) is 2.73. The molecule has 102 valence electrons. The number of aryl methyl sites for hydroxylation is 1. The third-order valence-electron chi connectivity index (χ3n) is 2.73. The second-order valence-corrected chi connectivity index (χ2v) is 4.06. The number of anilines is 1. The number of nitrogens with one attached hydrogen (secondary N) is 1. The molecule has 0 spiro atoms. The van der Waals surface area contributed by atoms with Crippen molar-refractivity contribution in [1.29, 1.82) is 0 Å². The van der Waals surface area contributed by atoms with Crippen molar-refractivity contribution in [2.24, 2.45) is 5.73 Å². The van der Waals surface area contributed by atoms with E-state index in [0.29, 0.717) is 6.54 Å². The molecule has 3 N–H and O–H groups in total. The molecule has 1 amide bonds. The lowest BCUT2D eigenvalue weighted by Gasteiger charge is -2.09. The summed E-state index contributed by atoms with van der Waals surface area (Å²) in [5.74, 6) is 5.63. The van der Waals surface area contributed by atoms with Crippen molar-refractivity contribution in [3.63, 3.8) is 0 Å². The standard InChI is InChI=1S/C15H15N3O2/c1-2-12-10-11(4-3-8-16)5-6-13(12)18-15(19)14-7-9-17-20-14/h5-7,9-10H,2,8,16H2,1H3,(H,18,19). The van der Waals surface area contributed by atoms with Gasteiger partial charge in [0.2, 0.25) is 5.76 Å². The van der Waals surface area contributed by atoms with E-state index in [1.165, 1.54) is 12.3 Å². The van der Waals surface area contributed by atoms with Gasteiger partial charge in [0.05, 0.1) is 12.7 Å². The second kappa shape index (κ2) is 6.55. The normalized spacial score (nSPS) is 9.70. The number of nitrogens with two attached hydrogens (primary N) is 1. The molecule has 0 radical (unpaired) electrons. The SMILES string of the molecule is CCc1cc(C#CCN)ccc1NC(=O)c1ccno1. The minimum absolute atomic E-state index is 0.180. The van der Waals surface area contributed by atoms with Gasteiger partial charge in [-0.1, -0.05) is 23.9 Å². The summed E-state index contributed by atoms with van der Waals surface area (Å²) in [5.41, 5.74) is 7.97. The maximum Gasteiger partial charge on any atom is 0.294 e. The van der Waals surface area contributed by atoms with E-state index in [0.717, 1.165) is 23.2 Å². The van der Waals surface area contributed by atoms with Gasteiger partial charge in [-0.2, -0.15) is 0 Å². The smallest absolute Gasteiger partial charge is 0.294 e. The number of hydrogen-bond donors (Lipinski definition) is 2. The number of benzene rings is 1. The molecule has 1 aromatic heterocycles. The molecule has 0 aliphatic carbocycles. The summed E-state index contributed by atoms with van der Waals surface area (Å²) in [4.78, 5) is 11.9. The summed E-state index contributed by atoms with van der Waals surface area (Å²) in [5, 5.41) is 6.31. The van der Waals surface area contributed by atoms with Crippen molar-refractivity contribution in [3.05, 3.63) is 47.3 Å². The number of amides is 1. The zero-order valence-electron chi connectivity index (χ0n) is 11.1. The fraction of sp³-hybridized carbons (Fsp3) is 0.200. The van der Waals surface area contributed by atoms with E-state index < -0.39 is 0 Å². The topological polar surface area (TPSA) is 81.1 Å². The van der Waals surface area contributed by atoms with Crippen LogP contribution in [0.3, 0.4) is 0 Å². The maximum atomic E-state index is 11.9. The Morgan fingerprint density at radius 3 is 2.95 bits per heavy atom. The van der Waals surface area contributed by atoms with Crippen LogP contribution in [0.15, 0.2) is 35.0 Å². The van der Waals surface area contributed by atoms with Gasteiger partial charge in [0, 0.05) is 17.3 Å². The van der Waals surface area contributed by atoms with Crippen LogP contribution in [-0.4, -0.2) is 17.6 Å². The molecule has 0 fully saturated rings. The lowest BCUT2D eigenvalue weighted by molar-refractivity contribution is 0.0988. The van der Waals surface area contributed by atoms with Crippen molar-refractivity contribution >= 4 is 11.6 Å². The van der Waals surface area contributed by atoms with Crippen molar-refractivity contribution in [1.82, 2.24) is 5.16 Å². The van der Waals surface area contributed by atoms with Gasteiger partial charge in [0.1, 0.15) is 0 Å². The quantitative estimate of drug-likeness (QED) is 0.832. The number of hydrogen-bond acceptors (Lipinski definition) is 4. The Hall–Kier alpha value is -2.58. The van der Waals surface area contributed by atoms with E-state index >= 15 is 0 Å². The molecule has 0 atom stereocenters. The average Bonchev–Trinajstić information content (AvgIpc) is 3.00. The Balaban J connectivity index is 2.21. The summed E-state index contributed by atoms with van der Waals surface area (Å²) in [7, 11) is 0. The van der Waals surface area contributed by atoms with Crippen LogP contribution in [0.1, 0.15) is 28.6 Å². The first kappa shape index (κ1) is 13.8. The summed E-state index contributed by atoms with van der Waals surface area (Å²) in [6.45, 7) is 2.34. The van der Waals surface area contributed by atoms with Gasteiger partial charge < -0.3 is 15.6 Å². The summed E-state index contributed by atoms with van der Waals surface area (Å²) in [6.07, 6.45) is 2.21. The van der Waals surface area contributed by atoms with Crippen LogP contribution in [0.4, 0.5) is 5.69 Å². The highest BCUT2D eigenvalue weighted by atomic mass is 16.5. The number of carbonyl (C=O) groups is 1. The third kappa shape index (κ3) is 3.25. The Morgan fingerprint density at radius 2 is 2.30 bits per heavy atom. The second-order valence-electron chi connectivity index (χ2n) is 4.06. The number of rotatable bonds is 3. The minimum atomic E-state index is -0.321. The maximum absolute atomic E-state index is 11.9. The van der Waals surface area contributed by atoms with Crippen molar-refractivity contribution < 1.29 is 9.32 Å². The largest absolute Gasteiger partial charge is 0.351 e. The van der Waals surface area contributed by atoms with Crippen LogP contribution >= 0.6 is 0 Å². The van der Waals surface area contributed by atoms with Gasteiger partial charge in [-0.3, -0.25) is 4.79 Å². The first-order valence-corrected chi connectivity index (χ1v) is 6.28. The molecular formula is C15H15N3O2. The molecule has 2 aromatic rings. The van der Waals surface area contributed by atoms with Gasteiger partial charge in [-0.15, -0.1) is 0 Å². The average molecular weight is 269 g/mol. The number of aromatic nitrogens is 1. The van der Waals surface area contributed by atoms with Crippen molar-refractivity contribution in [2.45, 2.75) is 13.3 Å². The molecule has 0 unspecified atom stereocenters. The number of carbonyl (C=O) groups excluding carboxylic acids is 1. The molecular weight excluding hydrogens is 254 g/mol. The monoisotopic (exact) mass is 269 g/mol. The lowest BCUT2D eigenvalue weighted by Crippen LogP contribution is -2.12. The molecule has 0 saturated heterocycles. The molecule has 0 bridgehead atoms. The molecule has 2 rings (SSSR count). The molecule has 20 heavy (non-hydrogen) atoms. The van der Waals surface area contributed by atoms with Crippen molar-refractivity contribution in [2.75, 3.05) is 11.9 Å². The van der Waals surface area contributed by atoms with Crippen LogP contribution in [0.2, 0.25) is 0 Å². The fourth-order valence-electron chi connectivity index (χ4n) is 1.76. The fourth-order valence-corrected chi connectivity index (χ4v) is 1.76. The number of nitrogens with zero attached hydrogens (tertiary/aromatic N) is 1. The molecule has 5 heteroatoms. The highest BCUT2D eigenvalue weighted by Gasteiger charge is 2.11. The van der Waals surface area contributed by atoms with Crippen LogP contribution in [-0.2, 0) is 6.42 Å². The predicted molar refractivity (Wildman–Crippen MR) is 76.2 cm³/mol. The van der Waals surface area contributed by atoms with E-state index in [4.69, 9.17) is 10.3 Å². The first-order chi connectivity index (χ1) is 9.74. The molecule has 5 nitrogen and oxygen atoms in total. The summed E-state index contributed by atoms with van der Waals surface area (Å²) in [6, 6.07) is 7.13. The summed E-state index contributed by atoms with van der Waals surface area (Å²) < 4.78 is 4.82. The predicted octanol–water partition coefficient (Wildman–Crippen LogP) is 1.80. The van der Waals surface area contributed by atoms with Gasteiger partial charge in [0.15, 0.2) is 0 Å². The Kier molecular flexibility index (Phi) is 4.53. The van der Waals surface area contributed by atoms with E-state index in [1.54, 1.807) is 0 Å². The Labute approximate surface area is 117 Å². The van der Waals surface area contributed by atoms with E-state index in [2.05, 4.69) is 22.3 Å². The van der Waals surface area contributed by atoms with Gasteiger partial charge >= 0.3 is 0 Å². The van der Waals surface area contributed by atoms with Crippen LogP contribution in [0, 0.1) is 11.8 Å². The van der Waals surface area contributed by atoms with Crippen LogP contribution in [0.25, 0.3) is 0 Å². The van der Waals surface area contributed by atoms with Gasteiger partial charge in [-0.05, 0) is 30.2 Å².